The Labute approximate surface area is 120 Å². The first-order valence-electron chi connectivity index (χ1n) is 5.28. The van der Waals surface area contributed by atoms with Gasteiger partial charge < -0.3 is 15.7 Å². The van der Waals surface area contributed by atoms with Crippen molar-refractivity contribution in [3.8, 4) is 0 Å². The third kappa shape index (κ3) is 4.41. The van der Waals surface area contributed by atoms with Gasteiger partial charge in [0, 0.05) is 10.2 Å². The van der Waals surface area contributed by atoms with E-state index in [9.17, 15) is 22.8 Å². The number of amides is 2. The van der Waals surface area contributed by atoms with Gasteiger partial charge in [0.05, 0.1) is 5.56 Å². The SMILES string of the molecule is C[C@H](NC(=O)Nc1ccc(Br)c(C(F)(F)F)c1)C(=O)O. The maximum atomic E-state index is 12.6. The van der Waals surface area contributed by atoms with Gasteiger partial charge in [0.25, 0.3) is 0 Å². The Balaban J connectivity index is 2.84. The van der Waals surface area contributed by atoms with Gasteiger partial charge in [-0.2, -0.15) is 13.2 Å². The number of rotatable bonds is 3. The third-order valence-electron chi connectivity index (χ3n) is 2.25. The predicted molar refractivity (Wildman–Crippen MR) is 68.4 cm³/mol. The van der Waals surface area contributed by atoms with Crippen LogP contribution in [0.1, 0.15) is 12.5 Å². The third-order valence-corrected chi connectivity index (χ3v) is 2.94. The maximum Gasteiger partial charge on any atom is 0.417 e. The summed E-state index contributed by atoms with van der Waals surface area (Å²) in [7, 11) is 0. The average molecular weight is 355 g/mol. The van der Waals surface area contributed by atoms with Crippen LogP contribution in [0, 0.1) is 0 Å². The van der Waals surface area contributed by atoms with Crippen LogP contribution in [-0.2, 0) is 11.0 Å². The number of anilines is 1. The summed E-state index contributed by atoms with van der Waals surface area (Å²) < 4.78 is 37.8. The first-order chi connectivity index (χ1) is 9.11. The molecule has 0 spiro atoms. The minimum atomic E-state index is -4.57. The summed E-state index contributed by atoms with van der Waals surface area (Å²) in [5, 5.41) is 12.8. The van der Waals surface area contributed by atoms with E-state index in [1.165, 1.54) is 13.0 Å². The molecule has 9 heteroatoms. The zero-order valence-electron chi connectivity index (χ0n) is 10.1. The van der Waals surface area contributed by atoms with Crippen LogP contribution in [0.25, 0.3) is 0 Å². The molecule has 0 bridgehead atoms. The zero-order valence-corrected chi connectivity index (χ0v) is 11.7. The van der Waals surface area contributed by atoms with E-state index in [1.807, 2.05) is 0 Å². The van der Waals surface area contributed by atoms with Crippen LogP contribution < -0.4 is 10.6 Å². The molecule has 3 N–H and O–H groups in total. The Morgan fingerprint density at radius 1 is 1.35 bits per heavy atom. The number of hydrogen-bond acceptors (Lipinski definition) is 2. The van der Waals surface area contributed by atoms with Gasteiger partial charge in [0.1, 0.15) is 6.04 Å². The van der Waals surface area contributed by atoms with Crippen LogP contribution in [0.2, 0.25) is 0 Å². The molecule has 0 radical (unpaired) electrons. The monoisotopic (exact) mass is 354 g/mol. The van der Waals surface area contributed by atoms with Crippen molar-refractivity contribution in [2.75, 3.05) is 5.32 Å². The van der Waals surface area contributed by atoms with Crippen molar-refractivity contribution >= 4 is 33.6 Å². The molecule has 0 saturated carbocycles. The largest absolute Gasteiger partial charge is 0.480 e. The highest BCUT2D eigenvalue weighted by atomic mass is 79.9. The summed E-state index contributed by atoms with van der Waals surface area (Å²) in [6, 6.07) is 1.07. The smallest absolute Gasteiger partial charge is 0.417 e. The number of halogens is 4. The Morgan fingerprint density at radius 2 is 1.95 bits per heavy atom. The Kier molecular flexibility index (Phi) is 4.98. The van der Waals surface area contributed by atoms with E-state index in [0.717, 1.165) is 12.1 Å². The lowest BCUT2D eigenvalue weighted by atomic mass is 10.2. The Hall–Kier alpha value is -1.77. The lowest BCUT2D eigenvalue weighted by molar-refractivity contribution is -0.139. The lowest BCUT2D eigenvalue weighted by Gasteiger charge is -2.13. The summed E-state index contributed by atoms with van der Waals surface area (Å²) >= 11 is 2.77. The van der Waals surface area contributed by atoms with Crippen molar-refractivity contribution in [2.24, 2.45) is 0 Å². The normalized spacial score (nSPS) is 12.7. The van der Waals surface area contributed by atoms with Crippen LogP contribution in [0.15, 0.2) is 22.7 Å². The Morgan fingerprint density at radius 3 is 2.45 bits per heavy atom. The van der Waals surface area contributed by atoms with E-state index in [1.54, 1.807) is 0 Å². The molecular formula is C11H10BrF3N2O3. The maximum absolute atomic E-state index is 12.6. The van der Waals surface area contributed by atoms with Gasteiger partial charge in [-0.3, -0.25) is 4.79 Å². The second kappa shape index (κ2) is 6.12. The van der Waals surface area contributed by atoms with Crippen molar-refractivity contribution in [3.05, 3.63) is 28.2 Å². The van der Waals surface area contributed by atoms with Gasteiger partial charge >= 0.3 is 18.2 Å². The number of urea groups is 1. The zero-order chi connectivity index (χ0) is 15.5. The summed E-state index contributed by atoms with van der Waals surface area (Å²) in [6.45, 7) is 1.23. The molecule has 0 aliphatic rings. The van der Waals surface area contributed by atoms with E-state index in [-0.39, 0.29) is 10.2 Å². The number of hydrogen-bond donors (Lipinski definition) is 3. The van der Waals surface area contributed by atoms with E-state index in [0.29, 0.717) is 0 Å². The molecule has 0 aromatic heterocycles. The molecule has 1 aromatic rings. The van der Waals surface area contributed by atoms with E-state index < -0.39 is 29.8 Å². The molecule has 2 amide bonds. The lowest BCUT2D eigenvalue weighted by Crippen LogP contribution is -2.40. The number of alkyl halides is 3. The quantitative estimate of drug-likeness (QED) is 0.780. The van der Waals surface area contributed by atoms with Crippen molar-refractivity contribution in [2.45, 2.75) is 19.1 Å². The molecule has 0 unspecified atom stereocenters. The molecule has 1 atom stereocenters. The van der Waals surface area contributed by atoms with Crippen molar-refractivity contribution in [1.82, 2.24) is 5.32 Å². The van der Waals surface area contributed by atoms with Crippen molar-refractivity contribution in [3.63, 3.8) is 0 Å². The molecule has 0 aliphatic carbocycles. The van der Waals surface area contributed by atoms with Gasteiger partial charge in [0.15, 0.2) is 0 Å². The summed E-state index contributed by atoms with van der Waals surface area (Å²) in [6.07, 6.45) is -4.57. The number of benzene rings is 1. The fourth-order valence-corrected chi connectivity index (χ4v) is 1.72. The number of carbonyl (C=O) groups is 2. The second-order valence-electron chi connectivity index (χ2n) is 3.85. The summed E-state index contributed by atoms with van der Waals surface area (Å²) in [4.78, 5) is 21.9. The number of carboxylic acid groups (broad SMARTS) is 1. The standard InChI is InChI=1S/C11H10BrF3N2O3/c1-5(9(18)19)16-10(20)17-6-2-3-8(12)7(4-6)11(13,14)15/h2-5H,1H3,(H,18,19)(H2,16,17,20)/t5-/m0/s1. The molecule has 5 nitrogen and oxygen atoms in total. The van der Waals surface area contributed by atoms with Crippen LogP contribution in [0.3, 0.4) is 0 Å². The summed E-state index contributed by atoms with van der Waals surface area (Å²) in [5.74, 6) is -1.26. The van der Waals surface area contributed by atoms with Gasteiger partial charge in [-0.1, -0.05) is 15.9 Å². The molecule has 20 heavy (non-hydrogen) atoms. The molecule has 0 aliphatic heterocycles. The van der Waals surface area contributed by atoms with Gasteiger partial charge in [-0.25, -0.2) is 4.79 Å². The average Bonchev–Trinajstić information content (AvgIpc) is 2.29. The molecule has 1 rings (SSSR count). The second-order valence-corrected chi connectivity index (χ2v) is 4.71. The predicted octanol–water partition coefficient (Wildman–Crippen LogP) is 3.06. The van der Waals surface area contributed by atoms with Crippen LogP contribution in [0.5, 0.6) is 0 Å². The number of carboxylic acids is 1. The molecular weight excluding hydrogens is 345 g/mol. The minimum absolute atomic E-state index is 0.101. The number of aliphatic carboxylic acids is 1. The van der Waals surface area contributed by atoms with Crippen molar-refractivity contribution < 1.29 is 27.9 Å². The molecule has 110 valence electrons. The van der Waals surface area contributed by atoms with Gasteiger partial charge in [-0.15, -0.1) is 0 Å². The molecule has 1 aromatic carbocycles. The fourth-order valence-electron chi connectivity index (χ4n) is 1.25. The highest BCUT2D eigenvalue weighted by Crippen LogP contribution is 2.36. The van der Waals surface area contributed by atoms with Gasteiger partial charge in [-0.05, 0) is 25.1 Å². The highest BCUT2D eigenvalue weighted by Gasteiger charge is 2.33. The number of nitrogens with one attached hydrogen (secondary N) is 2. The molecule has 0 heterocycles. The Bertz CT molecular complexity index is 534. The van der Waals surface area contributed by atoms with E-state index in [4.69, 9.17) is 5.11 Å². The minimum Gasteiger partial charge on any atom is -0.480 e. The highest BCUT2D eigenvalue weighted by molar-refractivity contribution is 9.10. The van der Waals surface area contributed by atoms with Crippen LogP contribution in [0.4, 0.5) is 23.7 Å². The number of carbonyl (C=O) groups excluding carboxylic acids is 1. The first-order valence-corrected chi connectivity index (χ1v) is 6.07. The first kappa shape index (κ1) is 16.3. The molecule has 0 saturated heterocycles. The summed E-state index contributed by atoms with van der Waals surface area (Å²) in [5.41, 5.74) is -1.04. The van der Waals surface area contributed by atoms with E-state index >= 15 is 0 Å². The van der Waals surface area contributed by atoms with Crippen LogP contribution in [-0.4, -0.2) is 23.1 Å². The van der Waals surface area contributed by atoms with E-state index in [2.05, 4.69) is 26.6 Å². The van der Waals surface area contributed by atoms with Crippen molar-refractivity contribution in [1.29, 1.82) is 0 Å². The fraction of sp³-hybridized carbons (Fsp3) is 0.273. The molecule has 0 fully saturated rings. The topological polar surface area (TPSA) is 78.4 Å². The van der Waals surface area contributed by atoms with Gasteiger partial charge in [0.2, 0.25) is 0 Å². The van der Waals surface area contributed by atoms with Crippen LogP contribution >= 0.6 is 15.9 Å².